The van der Waals surface area contributed by atoms with Crippen LogP contribution in [0.4, 0.5) is 0 Å². The fourth-order valence-corrected chi connectivity index (χ4v) is 3.74. The summed E-state index contributed by atoms with van der Waals surface area (Å²) < 4.78 is 5.35. The molecule has 0 aliphatic heterocycles. The van der Waals surface area contributed by atoms with Gasteiger partial charge in [0.25, 0.3) is 0 Å². The predicted octanol–water partition coefficient (Wildman–Crippen LogP) is 3.90. The van der Waals surface area contributed by atoms with Gasteiger partial charge in [0.05, 0.1) is 13.2 Å². The second kappa shape index (κ2) is 12.3. The van der Waals surface area contributed by atoms with Crippen molar-refractivity contribution in [3.63, 3.8) is 0 Å². The molecule has 8 heteroatoms. The van der Waals surface area contributed by atoms with Crippen LogP contribution in [-0.2, 0) is 22.4 Å². The lowest BCUT2D eigenvalue weighted by molar-refractivity contribution is -0.146. The zero-order chi connectivity index (χ0) is 20.8. The number of benzene rings is 2. The van der Waals surface area contributed by atoms with E-state index in [1.165, 1.54) is 11.8 Å². The number of methoxy groups -OCH3 is 1. The fourth-order valence-electron chi connectivity index (χ4n) is 3.74. The number of carbonyl (C=O) groups excluding carboxylic acids is 2. The molecule has 0 fully saturated rings. The Morgan fingerprint density at radius 2 is 1.74 bits per heavy atom. The van der Waals surface area contributed by atoms with Gasteiger partial charge in [-0.2, -0.15) is 0 Å². The largest absolute Gasteiger partial charge is 0.496 e. The van der Waals surface area contributed by atoms with Crippen LogP contribution in [0.2, 0.25) is 0 Å². The number of hydrogen-bond donors (Lipinski definition) is 2. The third-order valence-electron chi connectivity index (χ3n) is 5.18. The first-order valence-corrected chi connectivity index (χ1v) is 9.74. The van der Waals surface area contributed by atoms with Crippen molar-refractivity contribution in [1.82, 2.24) is 9.88 Å². The number of aromatic amines is 1. The topological polar surface area (TPSA) is 88.4 Å². The molecule has 0 saturated carbocycles. The van der Waals surface area contributed by atoms with E-state index in [1.54, 1.807) is 7.11 Å². The van der Waals surface area contributed by atoms with E-state index in [0.29, 0.717) is 12.8 Å². The molecule has 2 amide bonds. The molecule has 1 aromatic heterocycles. The highest BCUT2D eigenvalue weighted by Gasteiger charge is 2.27. The number of ether oxygens (including phenoxy) is 1. The molecule has 3 rings (SSSR count). The lowest BCUT2D eigenvalue weighted by Crippen LogP contribution is -2.48. The first kappa shape index (κ1) is 26.5. The molecule has 0 aliphatic carbocycles. The lowest BCUT2D eigenvalue weighted by atomic mass is 10.0. The van der Waals surface area contributed by atoms with Gasteiger partial charge in [-0.3, -0.25) is 14.5 Å². The van der Waals surface area contributed by atoms with Gasteiger partial charge in [-0.25, -0.2) is 0 Å². The summed E-state index contributed by atoms with van der Waals surface area (Å²) >= 11 is 0. The van der Waals surface area contributed by atoms with Crippen LogP contribution >= 0.6 is 24.8 Å². The third kappa shape index (κ3) is 6.23. The Morgan fingerprint density at radius 3 is 2.42 bits per heavy atom. The monoisotopic (exact) mass is 465 g/mol. The van der Waals surface area contributed by atoms with Crippen LogP contribution in [0, 0.1) is 0 Å². The van der Waals surface area contributed by atoms with Crippen LogP contribution in [-0.4, -0.2) is 41.4 Å². The van der Waals surface area contributed by atoms with E-state index in [0.717, 1.165) is 27.8 Å². The molecule has 0 saturated heterocycles. The van der Waals surface area contributed by atoms with E-state index >= 15 is 0 Å². The second-order valence-corrected chi connectivity index (χ2v) is 7.05. The van der Waals surface area contributed by atoms with Gasteiger partial charge in [-0.05, 0) is 36.1 Å². The molecule has 168 valence electrons. The number of aromatic nitrogens is 1. The number of carbonyl (C=O) groups is 2. The van der Waals surface area contributed by atoms with Crippen molar-refractivity contribution in [1.29, 1.82) is 0 Å². The van der Waals surface area contributed by atoms with Crippen LogP contribution in [0.1, 0.15) is 24.5 Å². The van der Waals surface area contributed by atoms with E-state index in [1.807, 2.05) is 54.7 Å². The number of nitrogens with one attached hydrogen (secondary N) is 1. The average molecular weight is 466 g/mol. The Morgan fingerprint density at radius 1 is 1.06 bits per heavy atom. The van der Waals surface area contributed by atoms with Gasteiger partial charge < -0.3 is 15.5 Å². The highest BCUT2D eigenvalue weighted by Crippen LogP contribution is 2.22. The molecule has 1 atom stereocenters. The van der Waals surface area contributed by atoms with Crippen molar-refractivity contribution in [2.24, 2.45) is 5.73 Å². The van der Waals surface area contributed by atoms with E-state index in [9.17, 15) is 9.59 Å². The Kier molecular flexibility index (Phi) is 10.6. The standard InChI is InChI=1S/C23H27N3O3.2ClH/c1-16(27)26(23(28)12-11-17-7-3-6-10-22(17)29-2)19(14-24)13-18-15-25-21-9-5-4-8-20(18)21;;/h3-10,15,19,25H,11-14,24H2,1-2H3;2*1H/t19-;;/m1../s1. The van der Waals surface area contributed by atoms with Crippen molar-refractivity contribution in [2.45, 2.75) is 32.2 Å². The zero-order valence-corrected chi connectivity index (χ0v) is 19.3. The molecule has 0 unspecified atom stereocenters. The van der Waals surface area contributed by atoms with E-state index in [-0.39, 0.29) is 49.6 Å². The number of halogens is 2. The van der Waals surface area contributed by atoms with Crippen LogP contribution < -0.4 is 10.5 Å². The highest BCUT2D eigenvalue weighted by molar-refractivity contribution is 5.95. The van der Waals surface area contributed by atoms with Crippen molar-refractivity contribution in [3.8, 4) is 5.75 Å². The van der Waals surface area contributed by atoms with Crippen molar-refractivity contribution < 1.29 is 14.3 Å². The van der Waals surface area contributed by atoms with Gasteiger partial charge in [0, 0.05) is 37.0 Å². The summed E-state index contributed by atoms with van der Waals surface area (Å²) in [5.41, 5.74) is 8.99. The zero-order valence-electron chi connectivity index (χ0n) is 17.7. The van der Waals surface area contributed by atoms with Gasteiger partial charge in [-0.15, -0.1) is 24.8 Å². The summed E-state index contributed by atoms with van der Waals surface area (Å²) in [7, 11) is 1.61. The molecule has 3 aromatic rings. The molecule has 0 radical (unpaired) electrons. The minimum absolute atomic E-state index is 0. The average Bonchev–Trinajstić information content (AvgIpc) is 3.14. The summed E-state index contributed by atoms with van der Waals surface area (Å²) in [6, 6.07) is 15.1. The molecule has 2 aromatic carbocycles. The summed E-state index contributed by atoms with van der Waals surface area (Å²) in [6.45, 7) is 1.62. The van der Waals surface area contributed by atoms with E-state index in [2.05, 4.69) is 4.98 Å². The highest BCUT2D eigenvalue weighted by atomic mass is 35.5. The Balaban J connectivity index is 0.00000240. The normalized spacial score (nSPS) is 11.2. The SMILES string of the molecule is COc1ccccc1CCC(=O)N(C(C)=O)[C@@H](CN)Cc1c[nH]c2ccccc12.Cl.Cl. The number of imide groups is 1. The number of hydrogen-bond acceptors (Lipinski definition) is 4. The smallest absolute Gasteiger partial charge is 0.229 e. The quantitative estimate of drug-likeness (QED) is 0.527. The summed E-state index contributed by atoms with van der Waals surface area (Å²) in [5, 5.41) is 1.08. The van der Waals surface area contributed by atoms with E-state index < -0.39 is 6.04 Å². The molecule has 6 nitrogen and oxygen atoms in total. The molecule has 31 heavy (non-hydrogen) atoms. The molecule has 0 bridgehead atoms. The maximum absolute atomic E-state index is 13.0. The van der Waals surface area contributed by atoms with Crippen LogP contribution in [0.15, 0.2) is 54.7 Å². The minimum Gasteiger partial charge on any atom is -0.496 e. The number of nitrogens with two attached hydrogens (primary N) is 1. The first-order chi connectivity index (χ1) is 14.0. The molecule has 0 spiro atoms. The number of nitrogens with zero attached hydrogens (tertiary/aromatic N) is 1. The van der Waals surface area contributed by atoms with Gasteiger partial charge in [0.2, 0.25) is 11.8 Å². The van der Waals surface area contributed by atoms with Crippen LogP contribution in [0.25, 0.3) is 10.9 Å². The number of rotatable bonds is 8. The second-order valence-electron chi connectivity index (χ2n) is 7.05. The fraction of sp³-hybridized carbons (Fsp3) is 0.304. The number of aryl methyl sites for hydroxylation is 1. The predicted molar refractivity (Wildman–Crippen MR) is 128 cm³/mol. The van der Waals surface area contributed by atoms with E-state index in [4.69, 9.17) is 10.5 Å². The Labute approximate surface area is 195 Å². The van der Waals surface area contributed by atoms with Gasteiger partial charge in [0.15, 0.2) is 0 Å². The number of fused-ring (bicyclic) bond motifs is 1. The lowest BCUT2D eigenvalue weighted by Gasteiger charge is -2.28. The van der Waals surface area contributed by atoms with Crippen LogP contribution in [0.3, 0.4) is 0 Å². The maximum Gasteiger partial charge on any atom is 0.229 e. The molecule has 3 N–H and O–H groups in total. The van der Waals surface area contributed by atoms with Crippen molar-refractivity contribution >= 4 is 47.5 Å². The summed E-state index contributed by atoms with van der Waals surface area (Å²) in [5.74, 6) is 0.229. The van der Waals surface area contributed by atoms with Crippen LogP contribution in [0.5, 0.6) is 5.75 Å². The van der Waals surface area contributed by atoms with Crippen molar-refractivity contribution in [3.05, 3.63) is 65.9 Å². The summed E-state index contributed by atoms with van der Waals surface area (Å²) in [4.78, 5) is 29.8. The molecule has 1 heterocycles. The first-order valence-electron chi connectivity index (χ1n) is 9.74. The Hall–Kier alpha value is -2.54. The third-order valence-corrected chi connectivity index (χ3v) is 5.18. The summed E-state index contributed by atoms with van der Waals surface area (Å²) in [6.07, 6.45) is 3.15. The van der Waals surface area contributed by atoms with Gasteiger partial charge in [-0.1, -0.05) is 36.4 Å². The molecular formula is C23H29Cl2N3O3. The number of H-pyrrole nitrogens is 1. The maximum atomic E-state index is 13.0. The minimum atomic E-state index is -0.392. The molecular weight excluding hydrogens is 437 g/mol. The Bertz CT molecular complexity index is 1010. The molecule has 0 aliphatic rings. The number of amides is 2. The van der Waals surface area contributed by atoms with Crippen molar-refractivity contribution in [2.75, 3.05) is 13.7 Å². The van der Waals surface area contributed by atoms with Gasteiger partial charge in [0.1, 0.15) is 5.75 Å². The number of para-hydroxylation sites is 2. The van der Waals surface area contributed by atoms with Gasteiger partial charge >= 0.3 is 0 Å².